The first-order chi connectivity index (χ1) is 14.8. The highest BCUT2D eigenvalue weighted by Gasteiger charge is 2.61. The van der Waals surface area contributed by atoms with Crippen LogP contribution in [0.4, 0.5) is 14.5 Å². The van der Waals surface area contributed by atoms with Crippen molar-refractivity contribution < 1.29 is 27.8 Å². The number of halogens is 2. The maximum absolute atomic E-state index is 13.1. The van der Waals surface area contributed by atoms with Gasteiger partial charge in [-0.1, -0.05) is 0 Å². The number of pyridine rings is 2. The molecule has 1 saturated carbocycles. The van der Waals surface area contributed by atoms with Crippen molar-refractivity contribution in [3.8, 4) is 11.6 Å². The largest absolute Gasteiger partial charge is 0.480 e. The number of imidazole rings is 1. The fourth-order valence-electron chi connectivity index (χ4n) is 4.65. The van der Waals surface area contributed by atoms with Gasteiger partial charge in [-0.25, -0.2) is 9.97 Å². The quantitative estimate of drug-likeness (QED) is 0.645. The molecule has 3 aliphatic rings. The van der Waals surface area contributed by atoms with Gasteiger partial charge in [-0.2, -0.15) is 8.78 Å². The molecule has 2 bridgehead atoms. The Hall–Kier alpha value is -3.27. The standard InChI is InChI=1S/C21H20F2N4O4/c1-20-9-21(10-20,11-30-20)15-8-27-7-12(6-14(16(27)26-15)31-19(22)23)25-17(28)13-4-3-5-24-18(13)29-2/h3-8,19H,9-11H2,1-2H3,(H,25,28). The molecule has 0 spiro atoms. The van der Waals surface area contributed by atoms with E-state index in [1.54, 1.807) is 28.9 Å². The van der Waals surface area contributed by atoms with Crippen LogP contribution in [0.1, 0.15) is 35.8 Å². The van der Waals surface area contributed by atoms with Gasteiger partial charge in [-0.05, 0) is 31.9 Å². The summed E-state index contributed by atoms with van der Waals surface area (Å²) in [4.78, 5) is 21.3. The number of nitrogens with zero attached hydrogens (tertiary/aromatic N) is 3. The van der Waals surface area contributed by atoms with E-state index >= 15 is 0 Å². The van der Waals surface area contributed by atoms with Crippen LogP contribution in [0.5, 0.6) is 11.6 Å². The number of methoxy groups -OCH3 is 1. The van der Waals surface area contributed by atoms with E-state index in [1.165, 1.54) is 19.4 Å². The monoisotopic (exact) mass is 430 g/mol. The maximum atomic E-state index is 13.1. The first kappa shape index (κ1) is 19.7. The van der Waals surface area contributed by atoms with E-state index in [0.29, 0.717) is 6.61 Å². The average molecular weight is 430 g/mol. The molecule has 1 amide bonds. The second-order valence-corrected chi connectivity index (χ2v) is 8.22. The van der Waals surface area contributed by atoms with E-state index in [0.717, 1.165) is 18.5 Å². The number of rotatable bonds is 6. The van der Waals surface area contributed by atoms with Gasteiger partial charge in [-0.15, -0.1) is 0 Å². The minimum absolute atomic E-state index is 0.130. The molecule has 0 radical (unpaired) electrons. The first-order valence-corrected chi connectivity index (χ1v) is 9.73. The average Bonchev–Trinajstić information content (AvgIpc) is 3.38. The Morgan fingerprint density at radius 2 is 2.16 bits per heavy atom. The van der Waals surface area contributed by atoms with E-state index < -0.39 is 12.5 Å². The molecule has 8 nitrogen and oxygen atoms in total. The van der Waals surface area contributed by atoms with Crippen LogP contribution in [0.2, 0.25) is 0 Å². The molecule has 0 atom stereocenters. The van der Waals surface area contributed by atoms with Crippen LogP contribution in [0, 0.1) is 0 Å². The van der Waals surface area contributed by atoms with Gasteiger partial charge in [0.25, 0.3) is 5.91 Å². The number of fused-ring (bicyclic) bond motifs is 2. The Balaban J connectivity index is 1.51. The summed E-state index contributed by atoms with van der Waals surface area (Å²) in [6, 6.07) is 4.48. The molecule has 0 aromatic carbocycles. The number of anilines is 1. The van der Waals surface area contributed by atoms with Crippen molar-refractivity contribution in [2.24, 2.45) is 0 Å². The smallest absolute Gasteiger partial charge is 0.387 e. The molecule has 162 valence electrons. The molecule has 3 aromatic rings. The predicted octanol–water partition coefficient (Wildman–Crippen LogP) is 3.41. The lowest BCUT2D eigenvalue weighted by Crippen LogP contribution is -2.45. The third-order valence-electron chi connectivity index (χ3n) is 5.87. The molecule has 2 saturated heterocycles. The van der Waals surface area contributed by atoms with Gasteiger partial charge in [0, 0.05) is 30.1 Å². The van der Waals surface area contributed by atoms with Gasteiger partial charge < -0.3 is 23.9 Å². The molecule has 6 rings (SSSR count). The second-order valence-electron chi connectivity index (χ2n) is 8.22. The van der Waals surface area contributed by atoms with Crippen molar-refractivity contribution in [1.29, 1.82) is 0 Å². The molecule has 3 aromatic heterocycles. The lowest BCUT2D eigenvalue weighted by atomic mass is 9.62. The summed E-state index contributed by atoms with van der Waals surface area (Å²) < 4.78 is 43.4. The fourth-order valence-corrected chi connectivity index (χ4v) is 4.65. The second kappa shape index (κ2) is 6.88. The predicted molar refractivity (Wildman–Crippen MR) is 106 cm³/mol. The number of ether oxygens (including phenoxy) is 3. The van der Waals surface area contributed by atoms with E-state index in [2.05, 4.69) is 22.2 Å². The first-order valence-electron chi connectivity index (χ1n) is 9.73. The minimum atomic E-state index is -3.03. The molecule has 1 N–H and O–H groups in total. The summed E-state index contributed by atoms with van der Waals surface area (Å²) in [7, 11) is 1.41. The number of alkyl halides is 2. The fraction of sp³-hybridized carbons (Fsp3) is 0.381. The van der Waals surface area contributed by atoms with Crippen LogP contribution in [-0.2, 0) is 10.2 Å². The van der Waals surface area contributed by atoms with Crippen LogP contribution in [0.25, 0.3) is 5.65 Å². The number of carbonyl (C=O) groups excluding carboxylic acids is 1. The van der Waals surface area contributed by atoms with Gasteiger partial charge >= 0.3 is 6.61 Å². The zero-order chi connectivity index (χ0) is 21.8. The summed E-state index contributed by atoms with van der Waals surface area (Å²) in [5.41, 5.74) is 1.14. The molecular weight excluding hydrogens is 410 g/mol. The van der Waals surface area contributed by atoms with Gasteiger partial charge in [0.1, 0.15) is 5.56 Å². The SMILES string of the molecule is COc1ncccc1C(=O)Nc1cc(OC(F)F)c2nc(C34COC(C)(C3)C4)cn2c1. The van der Waals surface area contributed by atoms with E-state index in [9.17, 15) is 13.6 Å². The van der Waals surface area contributed by atoms with Crippen LogP contribution in [-0.4, -0.2) is 46.2 Å². The van der Waals surface area contributed by atoms with Crippen molar-refractivity contribution in [2.75, 3.05) is 19.0 Å². The minimum Gasteiger partial charge on any atom is -0.480 e. The molecule has 10 heteroatoms. The molecular formula is C21H20F2N4O4. The summed E-state index contributed by atoms with van der Waals surface area (Å²) >= 11 is 0. The van der Waals surface area contributed by atoms with Crippen molar-refractivity contribution in [2.45, 2.75) is 37.4 Å². The lowest BCUT2D eigenvalue weighted by molar-refractivity contribution is -0.0491. The van der Waals surface area contributed by atoms with Crippen molar-refractivity contribution in [3.63, 3.8) is 0 Å². The third-order valence-corrected chi connectivity index (χ3v) is 5.87. The van der Waals surface area contributed by atoms with Gasteiger partial charge in [-0.3, -0.25) is 4.79 Å². The zero-order valence-corrected chi connectivity index (χ0v) is 16.9. The highest BCUT2D eigenvalue weighted by atomic mass is 19.3. The molecule has 0 unspecified atom stereocenters. The third kappa shape index (κ3) is 3.27. The van der Waals surface area contributed by atoms with E-state index in [4.69, 9.17) is 14.2 Å². The van der Waals surface area contributed by atoms with E-state index in [1.807, 2.05) is 0 Å². The Labute approximate surface area is 176 Å². The highest BCUT2D eigenvalue weighted by Crippen LogP contribution is 2.58. The highest BCUT2D eigenvalue weighted by molar-refractivity contribution is 6.05. The van der Waals surface area contributed by atoms with Crippen LogP contribution in [0.15, 0.2) is 36.8 Å². The number of hydrogen-bond donors (Lipinski definition) is 1. The zero-order valence-electron chi connectivity index (χ0n) is 16.9. The Morgan fingerprint density at radius 3 is 2.84 bits per heavy atom. The van der Waals surface area contributed by atoms with Crippen molar-refractivity contribution >= 4 is 17.2 Å². The van der Waals surface area contributed by atoms with Crippen molar-refractivity contribution in [3.05, 3.63) is 48.0 Å². The van der Waals surface area contributed by atoms with Crippen molar-refractivity contribution in [1.82, 2.24) is 14.4 Å². The number of amides is 1. The summed E-state index contributed by atoms with van der Waals surface area (Å²) in [6.07, 6.45) is 6.55. The lowest BCUT2D eigenvalue weighted by Gasteiger charge is -2.41. The number of aromatic nitrogens is 3. The molecule has 1 aliphatic carbocycles. The van der Waals surface area contributed by atoms with Crippen LogP contribution in [0.3, 0.4) is 0 Å². The maximum Gasteiger partial charge on any atom is 0.387 e. The van der Waals surface area contributed by atoms with Crippen LogP contribution >= 0.6 is 0 Å². The molecule has 31 heavy (non-hydrogen) atoms. The molecule has 3 fully saturated rings. The molecule has 5 heterocycles. The van der Waals surface area contributed by atoms with E-state index in [-0.39, 0.29) is 39.5 Å². The topological polar surface area (TPSA) is 87.0 Å². The Kier molecular flexibility index (Phi) is 4.37. The normalized spacial score (nSPS) is 24.3. The number of nitrogens with one attached hydrogen (secondary N) is 1. The van der Waals surface area contributed by atoms with Gasteiger partial charge in [0.2, 0.25) is 5.88 Å². The van der Waals surface area contributed by atoms with Gasteiger partial charge in [0.15, 0.2) is 11.4 Å². The number of carbonyl (C=O) groups is 1. The number of hydrogen-bond acceptors (Lipinski definition) is 6. The van der Waals surface area contributed by atoms with Crippen LogP contribution < -0.4 is 14.8 Å². The summed E-state index contributed by atoms with van der Waals surface area (Å²) in [6.45, 7) is -0.434. The summed E-state index contributed by atoms with van der Waals surface area (Å²) in [5.74, 6) is -0.469. The Bertz CT molecular complexity index is 1170. The summed E-state index contributed by atoms with van der Waals surface area (Å²) in [5, 5.41) is 2.69. The Morgan fingerprint density at radius 1 is 1.35 bits per heavy atom. The molecule has 2 aliphatic heterocycles. The van der Waals surface area contributed by atoms with Gasteiger partial charge in [0.05, 0.1) is 30.7 Å².